The summed E-state index contributed by atoms with van der Waals surface area (Å²) in [6.45, 7) is 5.58. The van der Waals surface area contributed by atoms with Crippen LogP contribution in [0.2, 0.25) is 0 Å². The summed E-state index contributed by atoms with van der Waals surface area (Å²) < 4.78 is 0. The molecule has 0 unspecified atom stereocenters. The van der Waals surface area contributed by atoms with Crippen molar-refractivity contribution in [3.8, 4) is 11.3 Å². The van der Waals surface area contributed by atoms with E-state index in [4.69, 9.17) is 4.98 Å². The maximum absolute atomic E-state index is 12.1. The fraction of sp³-hybridized carbons (Fsp3) is 0.238. The van der Waals surface area contributed by atoms with E-state index in [1.807, 2.05) is 30.3 Å². The summed E-state index contributed by atoms with van der Waals surface area (Å²) in [6, 6.07) is 20.0. The van der Waals surface area contributed by atoms with Crippen molar-refractivity contribution in [2.45, 2.75) is 6.92 Å². The molecule has 1 fully saturated rings. The molecule has 1 saturated heterocycles. The van der Waals surface area contributed by atoms with Crippen LogP contribution in [0.15, 0.2) is 65.5 Å². The van der Waals surface area contributed by atoms with Crippen molar-refractivity contribution in [2.75, 3.05) is 36.0 Å². The fourth-order valence-electron chi connectivity index (χ4n) is 3.35. The number of hydrogen-bond acceptors (Lipinski definition) is 4. The van der Waals surface area contributed by atoms with E-state index in [0.29, 0.717) is 11.6 Å². The molecule has 0 spiro atoms. The second-order valence-electron chi connectivity index (χ2n) is 6.63. The molecular formula is C21H22N4O. The molecule has 5 heteroatoms. The number of benzene rings is 2. The summed E-state index contributed by atoms with van der Waals surface area (Å²) in [5.41, 5.74) is 4.08. The molecule has 26 heavy (non-hydrogen) atoms. The molecule has 0 atom stereocenters. The first kappa shape index (κ1) is 16.4. The third-order valence-corrected chi connectivity index (χ3v) is 4.74. The van der Waals surface area contributed by atoms with Crippen molar-refractivity contribution < 1.29 is 0 Å². The van der Waals surface area contributed by atoms with Crippen molar-refractivity contribution in [1.82, 2.24) is 9.97 Å². The molecule has 0 amide bonds. The Balaban J connectivity index is 1.53. The largest absolute Gasteiger partial charge is 0.368 e. The molecule has 1 aromatic heterocycles. The first-order chi connectivity index (χ1) is 12.7. The molecule has 0 bridgehead atoms. The van der Waals surface area contributed by atoms with Crippen LogP contribution in [0.3, 0.4) is 0 Å². The number of H-pyrrole nitrogens is 1. The molecule has 1 aliphatic rings. The van der Waals surface area contributed by atoms with Crippen LogP contribution in [0, 0.1) is 6.92 Å². The van der Waals surface area contributed by atoms with Crippen molar-refractivity contribution in [1.29, 1.82) is 0 Å². The van der Waals surface area contributed by atoms with Gasteiger partial charge in [-0.2, -0.15) is 0 Å². The number of rotatable bonds is 3. The molecule has 1 aliphatic heterocycles. The summed E-state index contributed by atoms with van der Waals surface area (Å²) in [6.07, 6.45) is 0. The van der Waals surface area contributed by atoms with Crippen molar-refractivity contribution in [2.24, 2.45) is 0 Å². The number of piperazine rings is 1. The van der Waals surface area contributed by atoms with E-state index in [0.717, 1.165) is 31.7 Å². The molecule has 2 aromatic carbocycles. The molecule has 0 radical (unpaired) electrons. The molecular weight excluding hydrogens is 324 g/mol. The number of hydrogen-bond donors (Lipinski definition) is 1. The second-order valence-corrected chi connectivity index (χ2v) is 6.63. The molecule has 2 heterocycles. The van der Waals surface area contributed by atoms with Gasteiger partial charge in [-0.3, -0.25) is 9.78 Å². The highest BCUT2D eigenvalue weighted by molar-refractivity contribution is 5.60. The van der Waals surface area contributed by atoms with Crippen LogP contribution in [-0.4, -0.2) is 36.1 Å². The van der Waals surface area contributed by atoms with Crippen LogP contribution < -0.4 is 15.4 Å². The fourth-order valence-corrected chi connectivity index (χ4v) is 3.35. The zero-order chi connectivity index (χ0) is 17.9. The highest BCUT2D eigenvalue weighted by Crippen LogP contribution is 2.21. The van der Waals surface area contributed by atoms with Gasteiger partial charge in [0.05, 0.1) is 5.69 Å². The lowest BCUT2D eigenvalue weighted by Gasteiger charge is -2.36. The third-order valence-electron chi connectivity index (χ3n) is 4.74. The maximum Gasteiger partial charge on any atom is 0.252 e. The highest BCUT2D eigenvalue weighted by atomic mass is 16.1. The Morgan fingerprint density at radius 1 is 0.885 bits per heavy atom. The third kappa shape index (κ3) is 3.47. The van der Waals surface area contributed by atoms with Gasteiger partial charge >= 0.3 is 0 Å². The van der Waals surface area contributed by atoms with E-state index in [1.165, 1.54) is 11.3 Å². The van der Waals surface area contributed by atoms with Gasteiger partial charge in [-0.1, -0.05) is 42.5 Å². The van der Waals surface area contributed by atoms with E-state index in [2.05, 4.69) is 46.0 Å². The Kier molecular flexibility index (Phi) is 4.44. The SMILES string of the molecule is Cc1cccc(N2CCN(c3nc(-c4ccccc4)cc(=O)[nH]3)CC2)c1. The van der Waals surface area contributed by atoms with Gasteiger partial charge in [0.1, 0.15) is 0 Å². The van der Waals surface area contributed by atoms with Crippen molar-refractivity contribution >= 4 is 11.6 Å². The smallest absolute Gasteiger partial charge is 0.252 e. The van der Waals surface area contributed by atoms with Gasteiger partial charge in [0.2, 0.25) is 5.95 Å². The zero-order valence-corrected chi connectivity index (χ0v) is 14.9. The van der Waals surface area contributed by atoms with Crippen molar-refractivity contribution in [3.63, 3.8) is 0 Å². The minimum absolute atomic E-state index is 0.116. The van der Waals surface area contributed by atoms with Gasteiger partial charge in [0.25, 0.3) is 5.56 Å². The lowest BCUT2D eigenvalue weighted by molar-refractivity contribution is 0.639. The van der Waals surface area contributed by atoms with Crippen LogP contribution in [0.25, 0.3) is 11.3 Å². The summed E-state index contributed by atoms with van der Waals surface area (Å²) in [5.74, 6) is 0.653. The standard InChI is InChI=1S/C21H22N4O/c1-16-6-5-9-18(14-16)24-10-12-25(13-11-24)21-22-19(15-20(26)23-21)17-7-3-2-4-8-17/h2-9,14-15H,10-13H2,1H3,(H,22,23,26). The predicted molar refractivity (Wildman–Crippen MR) is 106 cm³/mol. The normalized spacial score (nSPS) is 14.5. The summed E-state index contributed by atoms with van der Waals surface area (Å²) >= 11 is 0. The minimum Gasteiger partial charge on any atom is -0.368 e. The van der Waals surface area contributed by atoms with E-state index in [-0.39, 0.29) is 5.56 Å². The predicted octanol–water partition coefficient (Wildman–Crippen LogP) is 3.07. The van der Waals surface area contributed by atoms with Crippen LogP contribution in [0.5, 0.6) is 0 Å². The Labute approximate surface area is 152 Å². The average molecular weight is 346 g/mol. The Bertz CT molecular complexity index is 943. The van der Waals surface area contributed by atoms with Crippen molar-refractivity contribution in [3.05, 3.63) is 76.6 Å². The number of aryl methyl sites for hydroxylation is 1. The summed E-state index contributed by atoms with van der Waals surface area (Å²) in [7, 11) is 0. The number of aromatic amines is 1. The van der Waals surface area contributed by atoms with Gasteiger partial charge in [-0.15, -0.1) is 0 Å². The molecule has 0 saturated carbocycles. The van der Waals surface area contributed by atoms with Crippen LogP contribution in [0.4, 0.5) is 11.6 Å². The minimum atomic E-state index is -0.116. The number of anilines is 2. The van der Waals surface area contributed by atoms with Gasteiger partial charge in [0.15, 0.2) is 0 Å². The van der Waals surface area contributed by atoms with Crippen LogP contribution in [0.1, 0.15) is 5.56 Å². The first-order valence-electron chi connectivity index (χ1n) is 8.92. The topological polar surface area (TPSA) is 52.2 Å². The summed E-state index contributed by atoms with van der Waals surface area (Å²) in [4.78, 5) is 24.2. The van der Waals surface area contributed by atoms with E-state index in [9.17, 15) is 4.79 Å². The van der Waals surface area contributed by atoms with E-state index < -0.39 is 0 Å². The first-order valence-corrected chi connectivity index (χ1v) is 8.92. The molecule has 132 valence electrons. The quantitative estimate of drug-likeness (QED) is 0.792. The van der Waals surface area contributed by atoms with Gasteiger partial charge in [-0.25, -0.2) is 4.98 Å². The van der Waals surface area contributed by atoms with Gasteiger partial charge in [-0.05, 0) is 24.6 Å². The number of aromatic nitrogens is 2. The number of nitrogens with zero attached hydrogens (tertiary/aromatic N) is 3. The highest BCUT2D eigenvalue weighted by Gasteiger charge is 2.19. The van der Waals surface area contributed by atoms with Gasteiger partial charge < -0.3 is 9.80 Å². The molecule has 3 aromatic rings. The van der Waals surface area contributed by atoms with E-state index in [1.54, 1.807) is 6.07 Å². The maximum atomic E-state index is 12.1. The monoisotopic (exact) mass is 346 g/mol. The van der Waals surface area contributed by atoms with Gasteiger partial charge in [0, 0.05) is 43.5 Å². The Hall–Kier alpha value is -3.08. The van der Waals surface area contributed by atoms with Crippen LogP contribution >= 0.6 is 0 Å². The molecule has 4 rings (SSSR count). The number of nitrogens with one attached hydrogen (secondary N) is 1. The second kappa shape index (κ2) is 7.04. The average Bonchev–Trinajstić information content (AvgIpc) is 2.68. The van der Waals surface area contributed by atoms with Crippen LogP contribution in [-0.2, 0) is 0 Å². The molecule has 1 N–H and O–H groups in total. The lowest BCUT2D eigenvalue weighted by atomic mass is 10.1. The Morgan fingerprint density at radius 2 is 1.62 bits per heavy atom. The lowest BCUT2D eigenvalue weighted by Crippen LogP contribution is -2.47. The molecule has 5 nitrogen and oxygen atoms in total. The van der Waals surface area contributed by atoms with E-state index >= 15 is 0 Å². The summed E-state index contributed by atoms with van der Waals surface area (Å²) in [5, 5.41) is 0. The zero-order valence-electron chi connectivity index (χ0n) is 14.9. The Morgan fingerprint density at radius 3 is 2.35 bits per heavy atom. The molecule has 0 aliphatic carbocycles.